The summed E-state index contributed by atoms with van der Waals surface area (Å²) in [7, 11) is 0. The Kier molecular flexibility index (Phi) is 5.45. The van der Waals surface area contributed by atoms with E-state index in [1.54, 1.807) is 17.2 Å². The number of para-hydroxylation sites is 1. The molecule has 1 aromatic heterocycles. The van der Waals surface area contributed by atoms with Gasteiger partial charge < -0.3 is 10.1 Å². The van der Waals surface area contributed by atoms with Crippen molar-refractivity contribution in [2.75, 3.05) is 29.9 Å². The number of likely N-dealkylation sites (tertiary alicyclic amines) is 1. The second-order valence-electron chi connectivity index (χ2n) is 8.13. The lowest BCUT2D eigenvalue weighted by molar-refractivity contribution is -0.117. The Hall–Kier alpha value is -3.52. The van der Waals surface area contributed by atoms with E-state index in [-0.39, 0.29) is 30.9 Å². The standard InChI is InChI=1S/C24H23FN4O3/c25-18-6-7-21-17(13-18)15-32-24(31)29(21)19-8-11-28(12-9-19)14-22(30)27-20-5-1-3-16-4-2-10-26-23(16)20/h1-7,10,13,19H,8-9,11-12,14-15H2,(H,27,30). The summed E-state index contributed by atoms with van der Waals surface area (Å²) in [6.07, 6.45) is 2.72. The first-order valence-corrected chi connectivity index (χ1v) is 10.7. The number of hydrogen-bond acceptors (Lipinski definition) is 5. The lowest BCUT2D eigenvalue weighted by Crippen LogP contribution is -2.50. The number of piperidine rings is 1. The van der Waals surface area contributed by atoms with Gasteiger partial charge in [0, 0.05) is 36.3 Å². The molecule has 2 aromatic carbocycles. The number of halogens is 1. The normalized spacial score (nSPS) is 17.2. The van der Waals surface area contributed by atoms with Crippen molar-refractivity contribution in [3.8, 4) is 0 Å². The largest absolute Gasteiger partial charge is 0.444 e. The highest BCUT2D eigenvalue weighted by molar-refractivity contribution is 6.00. The van der Waals surface area contributed by atoms with E-state index in [1.807, 2.05) is 30.3 Å². The number of pyridine rings is 1. The van der Waals surface area contributed by atoms with E-state index in [9.17, 15) is 14.0 Å². The number of aromatic nitrogens is 1. The van der Waals surface area contributed by atoms with Crippen molar-refractivity contribution < 1.29 is 18.7 Å². The minimum atomic E-state index is -0.399. The van der Waals surface area contributed by atoms with Crippen LogP contribution in [0.25, 0.3) is 10.9 Å². The second kappa shape index (κ2) is 8.55. The number of anilines is 2. The summed E-state index contributed by atoms with van der Waals surface area (Å²) in [6, 6.07) is 13.9. The molecule has 1 saturated heterocycles. The summed E-state index contributed by atoms with van der Waals surface area (Å²) in [4.78, 5) is 33.2. The minimum absolute atomic E-state index is 0.0476. The van der Waals surface area contributed by atoms with Gasteiger partial charge in [-0.1, -0.05) is 18.2 Å². The lowest BCUT2D eigenvalue weighted by Gasteiger charge is -2.40. The quantitative estimate of drug-likeness (QED) is 0.674. The van der Waals surface area contributed by atoms with Gasteiger partial charge in [-0.15, -0.1) is 0 Å². The van der Waals surface area contributed by atoms with Crippen molar-refractivity contribution in [3.63, 3.8) is 0 Å². The van der Waals surface area contributed by atoms with E-state index in [2.05, 4.69) is 15.2 Å². The number of carbonyl (C=O) groups excluding carboxylic acids is 2. The number of amides is 2. The Morgan fingerprint density at radius 1 is 1.16 bits per heavy atom. The van der Waals surface area contributed by atoms with Gasteiger partial charge in [0.05, 0.1) is 23.4 Å². The Bertz CT molecular complexity index is 1170. The van der Waals surface area contributed by atoms with Gasteiger partial charge in [-0.2, -0.15) is 0 Å². The van der Waals surface area contributed by atoms with Crippen LogP contribution in [0.5, 0.6) is 0 Å². The SMILES string of the molecule is O=C(CN1CCC(N2C(=O)OCc3cc(F)ccc32)CC1)Nc1cccc2cccnc12. The Morgan fingerprint density at radius 2 is 1.97 bits per heavy atom. The molecule has 164 valence electrons. The molecule has 8 heteroatoms. The van der Waals surface area contributed by atoms with Crippen LogP contribution in [0, 0.1) is 5.82 Å². The Morgan fingerprint density at radius 3 is 2.81 bits per heavy atom. The van der Waals surface area contributed by atoms with E-state index in [0.717, 1.165) is 10.9 Å². The van der Waals surface area contributed by atoms with Gasteiger partial charge in [0.15, 0.2) is 0 Å². The maximum Gasteiger partial charge on any atom is 0.414 e. The molecule has 0 unspecified atom stereocenters. The van der Waals surface area contributed by atoms with E-state index in [4.69, 9.17) is 4.74 Å². The zero-order valence-electron chi connectivity index (χ0n) is 17.5. The topological polar surface area (TPSA) is 74.8 Å². The molecule has 3 heterocycles. The summed E-state index contributed by atoms with van der Waals surface area (Å²) in [6.45, 7) is 1.70. The number of benzene rings is 2. The van der Waals surface area contributed by atoms with Crippen LogP contribution >= 0.6 is 0 Å². The predicted molar refractivity (Wildman–Crippen MR) is 119 cm³/mol. The molecule has 2 amide bonds. The fraction of sp³-hybridized carbons (Fsp3) is 0.292. The molecule has 1 N–H and O–H groups in total. The molecule has 0 aliphatic carbocycles. The lowest BCUT2D eigenvalue weighted by atomic mass is 10.0. The molecule has 1 fully saturated rings. The van der Waals surface area contributed by atoms with Crippen LogP contribution in [0.2, 0.25) is 0 Å². The summed E-state index contributed by atoms with van der Waals surface area (Å²) < 4.78 is 18.8. The molecule has 0 spiro atoms. The zero-order valence-corrected chi connectivity index (χ0v) is 17.5. The van der Waals surface area contributed by atoms with Crippen LogP contribution in [0.15, 0.2) is 54.7 Å². The van der Waals surface area contributed by atoms with Crippen molar-refractivity contribution >= 4 is 34.3 Å². The van der Waals surface area contributed by atoms with Crippen LogP contribution in [-0.4, -0.2) is 47.6 Å². The molecule has 2 aliphatic heterocycles. The van der Waals surface area contributed by atoms with Gasteiger partial charge in [-0.05, 0) is 43.2 Å². The van der Waals surface area contributed by atoms with E-state index in [1.165, 1.54) is 12.1 Å². The number of nitrogens with zero attached hydrogens (tertiary/aromatic N) is 3. The average Bonchev–Trinajstić information content (AvgIpc) is 2.80. The number of carbonyl (C=O) groups is 2. The maximum absolute atomic E-state index is 13.6. The monoisotopic (exact) mass is 434 g/mol. The van der Waals surface area contributed by atoms with Crippen molar-refractivity contribution in [1.82, 2.24) is 9.88 Å². The first kappa shape index (κ1) is 20.4. The molecular weight excluding hydrogens is 411 g/mol. The van der Waals surface area contributed by atoms with E-state index >= 15 is 0 Å². The van der Waals surface area contributed by atoms with Gasteiger partial charge in [0.25, 0.3) is 0 Å². The van der Waals surface area contributed by atoms with Gasteiger partial charge in [0.2, 0.25) is 5.91 Å². The van der Waals surface area contributed by atoms with Crippen molar-refractivity contribution in [2.24, 2.45) is 0 Å². The van der Waals surface area contributed by atoms with Crippen molar-refractivity contribution in [3.05, 3.63) is 66.1 Å². The molecule has 3 aromatic rings. The third kappa shape index (κ3) is 4.01. The Labute approximate surface area is 184 Å². The van der Waals surface area contributed by atoms with Crippen LogP contribution in [0.4, 0.5) is 20.6 Å². The highest BCUT2D eigenvalue weighted by Crippen LogP contribution is 2.32. The summed E-state index contributed by atoms with van der Waals surface area (Å²) in [5.41, 5.74) is 2.85. The van der Waals surface area contributed by atoms with Gasteiger partial charge in [0.1, 0.15) is 12.4 Å². The van der Waals surface area contributed by atoms with Crippen LogP contribution < -0.4 is 10.2 Å². The molecule has 7 nitrogen and oxygen atoms in total. The molecule has 0 radical (unpaired) electrons. The van der Waals surface area contributed by atoms with E-state index in [0.29, 0.717) is 42.9 Å². The third-order valence-electron chi connectivity index (χ3n) is 6.05. The van der Waals surface area contributed by atoms with Crippen LogP contribution in [0.1, 0.15) is 18.4 Å². The van der Waals surface area contributed by atoms with Gasteiger partial charge in [-0.3, -0.25) is 19.6 Å². The summed E-state index contributed by atoms with van der Waals surface area (Å²) in [5, 5.41) is 3.94. The van der Waals surface area contributed by atoms with Gasteiger partial charge in [-0.25, -0.2) is 9.18 Å². The zero-order chi connectivity index (χ0) is 22.1. The van der Waals surface area contributed by atoms with Crippen LogP contribution in [-0.2, 0) is 16.1 Å². The minimum Gasteiger partial charge on any atom is -0.444 e. The predicted octanol–water partition coefficient (Wildman–Crippen LogP) is 3.93. The molecule has 5 rings (SSSR count). The number of hydrogen-bond donors (Lipinski definition) is 1. The third-order valence-corrected chi connectivity index (χ3v) is 6.05. The smallest absolute Gasteiger partial charge is 0.414 e. The summed E-state index contributed by atoms with van der Waals surface area (Å²) >= 11 is 0. The number of cyclic esters (lactones) is 1. The molecule has 2 aliphatic rings. The molecule has 0 saturated carbocycles. The number of rotatable bonds is 4. The second-order valence-corrected chi connectivity index (χ2v) is 8.13. The van der Waals surface area contributed by atoms with Gasteiger partial charge >= 0.3 is 6.09 Å². The van der Waals surface area contributed by atoms with Crippen molar-refractivity contribution in [2.45, 2.75) is 25.5 Å². The Balaban J connectivity index is 1.21. The van der Waals surface area contributed by atoms with Crippen molar-refractivity contribution in [1.29, 1.82) is 0 Å². The molecular formula is C24H23FN4O3. The highest BCUT2D eigenvalue weighted by atomic mass is 19.1. The highest BCUT2D eigenvalue weighted by Gasteiger charge is 2.34. The molecule has 0 bridgehead atoms. The maximum atomic E-state index is 13.6. The number of ether oxygens (including phenoxy) is 1. The van der Waals surface area contributed by atoms with Crippen LogP contribution in [0.3, 0.4) is 0 Å². The fourth-order valence-corrected chi connectivity index (χ4v) is 4.49. The van der Waals surface area contributed by atoms with E-state index < -0.39 is 6.09 Å². The first-order valence-electron chi connectivity index (χ1n) is 10.7. The first-order chi connectivity index (χ1) is 15.6. The molecule has 0 atom stereocenters. The number of fused-ring (bicyclic) bond motifs is 2. The number of nitrogens with one attached hydrogen (secondary N) is 1. The summed E-state index contributed by atoms with van der Waals surface area (Å²) in [5.74, 6) is -0.441. The average molecular weight is 434 g/mol. The fourth-order valence-electron chi connectivity index (χ4n) is 4.49. The molecule has 32 heavy (non-hydrogen) atoms.